The lowest BCUT2D eigenvalue weighted by Gasteiger charge is -2.33. The Morgan fingerprint density at radius 3 is 2.84 bits per heavy atom. The Balaban J connectivity index is 1.54. The molecule has 5 atom stereocenters. The van der Waals surface area contributed by atoms with E-state index in [2.05, 4.69) is 46.4 Å². The molecule has 102 valence electrons. The van der Waals surface area contributed by atoms with Crippen molar-refractivity contribution in [2.75, 3.05) is 5.32 Å². The van der Waals surface area contributed by atoms with Gasteiger partial charge in [0, 0.05) is 16.2 Å². The van der Waals surface area contributed by atoms with Gasteiger partial charge >= 0.3 is 0 Å². The number of rotatable bonds is 2. The minimum Gasteiger partial charge on any atom is -0.382 e. The van der Waals surface area contributed by atoms with Crippen molar-refractivity contribution >= 4 is 21.6 Å². The smallest absolute Gasteiger partial charge is 0.0383 e. The van der Waals surface area contributed by atoms with Gasteiger partial charge in [-0.2, -0.15) is 0 Å². The third kappa shape index (κ3) is 1.94. The second-order valence-corrected chi connectivity index (χ2v) is 7.78. The number of aryl methyl sites for hydroxylation is 1. The summed E-state index contributed by atoms with van der Waals surface area (Å²) < 4.78 is 1.18. The molecular weight excluding hydrogens is 298 g/mol. The van der Waals surface area contributed by atoms with Gasteiger partial charge in [0.15, 0.2) is 0 Å². The number of hydrogen-bond donors (Lipinski definition) is 1. The molecule has 19 heavy (non-hydrogen) atoms. The van der Waals surface area contributed by atoms with Crippen LogP contribution in [0, 0.1) is 30.6 Å². The van der Waals surface area contributed by atoms with E-state index in [1.165, 1.54) is 47.8 Å². The third-order valence-corrected chi connectivity index (χ3v) is 6.46. The largest absolute Gasteiger partial charge is 0.382 e. The third-order valence-electron chi connectivity index (χ3n) is 5.97. The van der Waals surface area contributed by atoms with Crippen molar-refractivity contribution in [2.45, 2.75) is 45.1 Å². The Bertz CT molecular complexity index is 498. The van der Waals surface area contributed by atoms with Crippen LogP contribution in [-0.2, 0) is 0 Å². The van der Waals surface area contributed by atoms with E-state index in [0.717, 1.165) is 29.7 Å². The van der Waals surface area contributed by atoms with Gasteiger partial charge in [0.05, 0.1) is 0 Å². The number of fused-ring (bicyclic) bond motifs is 5. The summed E-state index contributed by atoms with van der Waals surface area (Å²) in [5, 5.41) is 3.86. The molecule has 0 heterocycles. The number of nitrogens with one attached hydrogen (secondary N) is 1. The lowest BCUT2D eigenvalue weighted by molar-refractivity contribution is 0.243. The zero-order valence-electron chi connectivity index (χ0n) is 11.5. The van der Waals surface area contributed by atoms with E-state index in [1.54, 1.807) is 0 Å². The van der Waals surface area contributed by atoms with Gasteiger partial charge in [0.1, 0.15) is 0 Å². The van der Waals surface area contributed by atoms with Crippen LogP contribution in [0.2, 0.25) is 0 Å². The number of anilines is 1. The zero-order chi connectivity index (χ0) is 13.0. The molecule has 0 saturated heterocycles. The fraction of sp³-hybridized carbons (Fsp3) is 0.647. The van der Waals surface area contributed by atoms with Crippen molar-refractivity contribution in [1.29, 1.82) is 0 Å². The Morgan fingerprint density at radius 2 is 1.95 bits per heavy atom. The molecule has 2 bridgehead atoms. The molecule has 3 aliphatic carbocycles. The molecule has 3 fully saturated rings. The minimum atomic E-state index is 0.734. The van der Waals surface area contributed by atoms with E-state index >= 15 is 0 Å². The second kappa shape index (κ2) is 4.51. The summed E-state index contributed by atoms with van der Waals surface area (Å²) in [6.45, 7) is 2.21. The monoisotopic (exact) mass is 319 g/mol. The highest BCUT2D eigenvalue weighted by molar-refractivity contribution is 9.10. The summed E-state index contributed by atoms with van der Waals surface area (Å²) in [7, 11) is 0. The molecule has 1 nitrogen and oxygen atoms in total. The van der Waals surface area contributed by atoms with Crippen LogP contribution in [-0.4, -0.2) is 6.04 Å². The van der Waals surface area contributed by atoms with Crippen molar-refractivity contribution in [3.05, 3.63) is 28.2 Å². The van der Waals surface area contributed by atoms with Crippen LogP contribution in [0.1, 0.15) is 37.7 Å². The molecule has 0 amide bonds. The quantitative estimate of drug-likeness (QED) is 0.809. The molecule has 1 N–H and O–H groups in total. The van der Waals surface area contributed by atoms with Crippen molar-refractivity contribution in [1.82, 2.24) is 0 Å². The van der Waals surface area contributed by atoms with Gasteiger partial charge in [-0.15, -0.1) is 0 Å². The van der Waals surface area contributed by atoms with E-state index in [9.17, 15) is 0 Å². The topological polar surface area (TPSA) is 12.0 Å². The average molecular weight is 320 g/mol. The Labute approximate surface area is 124 Å². The maximum atomic E-state index is 3.86. The maximum absolute atomic E-state index is 3.86. The van der Waals surface area contributed by atoms with Gasteiger partial charge in [0.25, 0.3) is 0 Å². The highest BCUT2D eigenvalue weighted by Gasteiger charge is 2.53. The summed E-state index contributed by atoms with van der Waals surface area (Å²) in [5.41, 5.74) is 2.70. The predicted molar refractivity (Wildman–Crippen MR) is 83.3 cm³/mol. The molecule has 5 unspecified atom stereocenters. The van der Waals surface area contributed by atoms with Gasteiger partial charge in [0.2, 0.25) is 0 Å². The minimum absolute atomic E-state index is 0.734. The van der Waals surface area contributed by atoms with Gasteiger partial charge < -0.3 is 5.32 Å². The lowest BCUT2D eigenvalue weighted by Crippen LogP contribution is -2.34. The summed E-state index contributed by atoms with van der Waals surface area (Å²) >= 11 is 3.59. The van der Waals surface area contributed by atoms with Gasteiger partial charge in [-0.05, 0) is 74.0 Å². The number of hydrogen-bond acceptors (Lipinski definition) is 1. The molecule has 1 aromatic rings. The second-order valence-electron chi connectivity index (χ2n) is 6.86. The van der Waals surface area contributed by atoms with E-state index < -0.39 is 0 Å². The normalized spacial score (nSPS) is 39.6. The summed E-state index contributed by atoms with van der Waals surface area (Å²) in [6.07, 6.45) is 7.43. The molecule has 1 aromatic carbocycles. The first kappa shape index (κ1) is 12.3. The summed E-state index contributed by atoms with van der Waals surface area (Å²) in [6, 6.07) is 7.32. The van der Waals surface area contributed by atoms with Gasteiger partial charge in [-0.1, -0.05) is 28.4 Å². The van der Waals surface area contributed by atoms with Gasteiger partial charge in [-0.25, -0.2) is 0 Å². The highest BCUT2D eigenvalue weighted by atomic mass is 79.9. The van der Waals surface area contributed by atoms with Crippen LogP contribution < -0.4 is 5.32 Å². The molecular formula is C17H22BrN. The van der Waals surface area contributed by atoms with E-state index in [0.29, 0.717) is 0 Å². The Kier molecular flexibility index (Phi) is 2.91. The van der Waals surface area contributed by atoms with Crippen molar-refractivity contribution in [2.24, 2.45) is 23.7 Å². The Hall–Kier alpha value is -0.500. The molecule has 0 radical (unpaired) electrons. The van der Waals surface area contributed by atoms with E-state index in [-0.39, 0.29) is 0 Å². The summed E-state index contributed by atoms with van der Waals surface area (Å²) in [5.74, 6) is 4.12. The van der Waals surface area contributed by atoms with Crippen molar-refractivity contribution in [3.63, 3.8) is 0 Å². The van der Waals surface area contributed by atoms with Crippen LogP contribution in [0.25, 0.3) is 0 Å². The molecule has 3 aliphatic rings. The SMILES string of the molecule is Cc1ccc(Br)cc1NC1CC2CC1C1CCCC21. The number of halogens is 1. The molecule has 4 rings (SSSR count). The van der Waals surface area contributed by atoms with Crippen LogP contribution >= 0.6 is 15.9 Å². The highest BCUT2D eigenvalue weighted by Crippen LogP contribution is 2.59. The summed E-state index contributed by atoms with van der Waals surface area (Å²) in [4.78, 5) is 0. The molecule has 3 saturated carbocycles. The zero-order valence-corrected chi connectivity index (χ0v) is 13.1. The maximum Gasteiger partial charge on any atom is 0.0383 e. The van der Waals surface area contributed by atoms with Crippen molar-refractivity contribution < 1.29 is 0 Å². The van der Waals surface area contributed by atoms with Crippen LogP contribution in [0.15, 0.2) is 22.7 Å². The molecule has 0 aliphatic heterocycles. The van der Waals surface area contributed by atoms with E-state index in [1.807, 2.05) is 0 Å². The van der Waals surface area contributed by atoms with Crippen LogP contribution in [0.5, 0.6) is 0 Å². The molecule has 0 aromatic heterocycles. The van der Waals surface area contributed by atoms with Crippen LogP contribution in [0.3, 0.4) is 0 Å². The first-order valence-corrected chi connectivity index (χ1v) is 8.54. The number of benzene rings is 1. The molecule has 2 heteroatoms. The fourth-order valence-electron chi connectivity index (χ4n) is 5.18. The lowest BCUT2D eigenvalue weighted by atomic mass is 9.79. The van der Waals surface area contributed by atoms with Gasteiger partial charge in [-0.3, -0.25) is 0 Å². The average Bonchev–Trinajstić information content (AvgIpc) is 3.05. The first-order chi connectivity index (χ1) is 9.22. The Morgan fingerprint density at radius 1 is 1.11 bits per heavy atom. The standard InChI is InChI=1S/C17H22BrN/c1-10-5-6-12(18)9-16(10)19-17-8-11-7-15(17)14-4-2-3-13(11)14/h5-6,9,11,13-15,17,19H,2-4,7-8H2,1H3. The first-order valence-electron chi connectivity index (χ1n) is 7.75. The fourth-order valence-corrected chi connectivity index (χ4v) is 5.54. The van der Waals surface area contributed by atoms with Crippen molar-refractivity contribution in [3.8, 4) is 0 Å². The predicted octanol–water partition coefficient (Wildman–Crippen LogP) is 4.99. The molecule has 0 spiro atoms. The van der Waals surface area contributed by atoms with Crippen LogP contribution in [0.4, 0.5) is 5.69 Å². The van der Waals surface area contributed by atoms with E-state index in [4.69, 9.17) is 0 Å².